The van der Waals surface area contributed by atoms with Gasteiger partial charge in [0.05, 0.1) is 0 Å². The van der Waals surface area contributed by atoms with Crippen LogP contribution in [0.3, 0.4) is 0 Å². The van der Waals surface area contributed by atoms with Gasteiger partial charge in [0.1, 0.15) is 5.52 Å². The molecule has 3 aromatic heterocycles. The van der Waals surface area contributed by atoms with Gasteiger partial charge in [-0.25, -0.2) is 9.97 Å². The van der Waals surface area contributed by atoms with Crippen LogP contribution in [0.4, 0.5) is 0 Å². The Morgan fingerprint density at radius 3 is 3.10 bits per heavy atom. The molecule has 4 rings (SSSR count). The van der Waals surface area contributed by atoms with Crippen LogP contribution < -0.4 is 5.32 Å². The zero-order valence-corrected chi connectivity index (χ0v) is 12.2. The Labute approximate surface area is 126 Å². The van der Waals surface area contributed by atoms with Gasteiger partial charge in [-0.2, -0.15) is 0 Å². The number of nitrogens with zero attached hydrogens (tertiary/aromatic N) is 3. The summed E-state index contributed by atoms with van der Waals surface area (Å²) in [6.45, 7) is 2.99. The van der Waals surface area contributed by atoms with E-state index >= 15 is 0 Å². The van der Waals surface area contributed by atoms with Crippen molar-refractivity contribution in [2.45, 2.75) is 13.0 Å². The molecule has 1 aliphatic rings. The fourth-order valence-electron chi connectivity index (χ4n) is 2.88. The molecule has 6 heteroatoms. The van der Waals surface area contributed by atoms with E-state index in [1.54, 1.807) is 12.3 Å². The number of pyridine rings is 1. The zero-order chi connectivity index (χ0) is 14.2. The topological polar surface area (TPSA) is 55.9 Å². The Hall–Kier alpha value is -1.85. The fourth-order valence-corrected chi connectivity index (χ4v) is 3.03. The van der Waals surface area contributed by atoms with Gasteiger partial charge in [-0.1, -0.05) is 0 Å². The Bertz CT molecular complexity index is 773. The van der Waals surface area contributed by atoms with E-state index in [4.69, 9.17) is 16.0 Å². The van der Waals surface area contributed by atoms with Crippen molar-refractivity contribution in [3.63, 3.8) is 0 Å². The largest absolute Gasteiger partial charge is 0.441 e. The van der Waals surface area contributed by atoms with Crippen LogP contribution in [0.1, 0.15) is 6.42 Å². The SMILES string of the molecule is Clc1ccc(-c2nc3cccnc3n2CC2CCNC2)o1. The van der Waals surface area contributed by atoms with Crippen LogP contribution in [0, 0.1) is 5.92 Å². The van der Waals surface area contributed by atoms with Gasteiger partial charge in [0, 0.05) is 12.7 Å². The number of imidazole rings is 1. The molecular formula is C15H15ClN4O. The van der Waals surface area contributed by atoms with E-state index in [-0.39, 0.29) is 0 Å². The molecule has 3 aromatic rings. The van der Waals surface area contributed by atoms with Crippen molar-refractivity contribution in [3.8, 4) is 11.6 Å². The Morgan fingerprint density at radius 2 is 2.33 bits per heavy atom. The van der Waals surface area contributed by atoms with Crippen molar-refractivity contribution in [2.24, 2.45) is 5.92 Å². The van der Waals surface area contributed by atoms with Crippen LogP contribution >= 0.6 is 11.6 Å². The maximum Gasteiger partial charge on any atom is 0.194 e. The minimum absolute atomic E-state index is 0.374. The molecule has 0 saturated carbocycles. The van der Waals surface area contributed by atoms with Gasteiger partial charge in [-0.15, -0.1) is 0 Å². The van der Waals surface area contributed by atoms with Gasteiger partial charge in [0.2, 0.25) is 0 Å². The minimum Gasteiger partial charge on any atom is -0.441 e. The smallest absolute Gasteiger partial charge is 0.194 e. The van der Waals surface area contributed by atoms with Gasteiger partial charge >= 0.3 is 0 Å². The number of hydrogen-bond donors (Lipinski definition) is 1. The number of furan rings is 1. The highest BCUT2D eigenvalue weighted by molar-refractivity contribution is 6.28. The molecule has 4 heterocycles. The molecule has 21 heavy (non-hydrogen) atoms. The average molecular weight is 303 g/mol. The van der Waals surface area contributed by atoms with E-state index < -0.39 is 0 Å². The molecule has 0 amide bonds. The number of halogens is 1. The van der Waals surface area contributed by atoms with Crippen LogP contribution in [-0.2, 0) is 6.54 Å². The summed E-state index contributed by atoms with van der Waals surface area (Å²) in [6.07, 6.45) is 2.97. The molecule has 108 valence electrons. The first-order valence-electron chi connectivity index (χ1n) is 7.09. The first-order valence-corrected chi connectivity index (χ1v) is 7.47. The lowest BCUT2D eigenvalue weighted by molar-refractivity contribution is 0.484. The highest BCUT2D eigenvalue weighted by Gasteiger charge is 2.21. The van der Waals surface area contributed by atoms with E-state index in [1.165, 1.54) is 6.42 Å². The maximum absolute atomic E-state index is 5.90. The molecule has 0 radical (unpaired) electrons. The summed E-state index contributed by atoms with van der Waals surface area (Å²) in [5.74, 6) is 2.07. The summed E-state index contributed by atoms with van der Waals surface area (Å²) >= 11 is 5.90. The third kappa shape index (κ3) is 2.32. The lowest BCUT2D eigenvalue weighted by Gasteiger charge is -2.12. The van der Waals surface area contributed by atoms with Crippen molar-refractivity contribution in [1.82, 2.24) is 19.9 Å². The third-order valence-electron chi connectivity index (χ3n) is 3.90. The van der Waals surface area contributed by atoms with Crippen LogP contribution in [0.15, 0.2) is 34.9 Å². The van der Waals surface area contributed by atoms with Crippen molar-refractivity contribution in [3.05, 3.63) is 35.7 Å². The molecule has 1 atom stereocenters. The van der Waals surface area contributed by atoms with Crippen molar-refractivity contribution in [1.29, 1.82) is 0 Å². The molecule has 0 aromatic carbocycles. The summed E-state index contributed by atoms with van der Waals surface area (Å²) in [5, 5.41) is 3.77. The molecule has 0 aliphatic carbocycles. The summed E-state index contributed by atoms with van der Waals surface area (Å²) < 4.78 is 7.68. The summed E-state index contributed by atoms with van der Waals surface area (Å²) in [7, 11) is 0. The second kappa shape index (κ2) is 5.16. The molecule has 5 nitrogen and oxygen atoms in total. The zero-order valence-electron chi connectivity index (χ0n) is 11.4. The number of nitrogens with one attached hydrogen (secondary N) is 1. The number of fused-ring (bicyclic) bond motifs is 1. The standard InChI is InChI=1S/C15H15ClN4O/c16-13-4-3-12(21-13)15-19-11-2-1-6-18-14(11)20(15)9-10-5-7-17-8-10/h1-4,6,10,17H,5,7-9H2. The molecule has 1 saturated heterocycles. The van der Waals surface area contributed by atoms with E-state index in [0.717, 1.165) is 36.6 Å². The van der Waals surface area contributed by atoms with E-state index in [2.05, 4.69) is 19.9 Å². The molecular weight excluding hydrogens is 288 g/mol. The molecule has 1 fully saturated rings. The lowest BCUT2D eigenvalue weighted by Crippen LogP contribution is -2.15. The summed E-state index contributed by atoms with van der Waals surface area (Å²) in [6, 6.07) is 7.47. The van der Waals surface area contributed by atoms with Gasteiger partial charge < -0.3 is 14.3 Å². The predicted octanol–water partition coefficient (Wildman–Crippen LogP) is 2.95. The van der Waals surface area contributed by atoms with Crippen LogP contribution in [0.5, 0.6) is 0 Å². The van der Waals surface area contributed by atoms with E-state index in [1.807, 2.05) is 18.2 Å². The molecule has 1 N–H and O–H groups in total. The Kier molecular flexibility index (Phi) is 3.16. The highest BCUT2D eigenvalue weighted by atomic mass is 35.5. The first kappa shape index (κ1) is 12.9. The van der Waals surface area contributed by atoms with Gasteiger partial charge in [0.15, 0.2) is 22.5 Å². The van der Waals surface area contributed by atoms with E-state index in [0.29, 0.717) is 16.9 Å². The molecule has 1 unspecified atom stereocenters. The lowest BCUT2D eigenvalue weighted by atomic mass is 10.1. The Morgan fingerprint density at radius 1 is 1.38 bits per heavy atom. The second-order valence-corrected chi connectivity index (χ2v) is 5.73. The van der Waals surface area contributed by atoms with Crippen molar-refractivity contribution >= 4 is 22.8 Å². The number of rotatable bonds is 3. The minimum atomic E-state index is 0.374. The maximum atomic E-state index is 5.90. The fraction of sp³-hybridized carbons (Fsp3) is 0.333. The predicted molar refractivity (Wildman–Crippen MR) is 81.2 cm³/mol. The van der Waals surface area contributed by atoms with Gasteiger partial charge in [-0.3, -0.25) is 0 Å². The average Bonchev–Trinajstić information content (AvgIpc) is 3.20. The third-order valence-corrected chi connectivity index (χ3v) is 4.10. The van der Waals surface area contributed by atoms with E-state index in [9.17, 15) is 0 Å². The molecule has 0 bridgehead atoms. The summed E-state index contributed by atoms with van der Waals surface area (Å²) in [5.41, 5.74) is 1.78. The molecule has 0 spiro atoms. The second-order valence-electron chi connectivity index (χ2n) is 5.35. The van der Waals surface area contributed by atoms with Crippen molar-refractivity contribution < 1.29 is 4.42 Å². The number of aromatic nitrogens is 3. The van der Waals surface area contributed by atoms with Gasteiger partial charge in [0.25, 0.3) is 0 Å². The highest BCUT2D eigenvalue weighted by Crippen LogP contribution is 2.28. The van der Waals surface area contributed by atoms with Crippen LogP contribution in [0.2, 0.25) is 5.22 Å². The van der Waals surface area contributed by atoms with Crippen LogP contribution in [-0.4, -0.2) is 27.6 Å². The molecule has 1 aliphatic heterocycles. The van der Waals surface area contributed by atoms with Gasteiger partial charge in [-0.05, 0) is 61.3 Å². The van der Waals surface area contributed by atoms with Crippen molar-refractivity contribution in [2.75, 3.05) is 13.1 Å². The number of hydrogen-bond acceptors (Lipinski definition) is 4. The first-order chi connectivity index (χ1) is 10.3. The summed E-state index contributed by atoms with van der Waals surface area (Å²) in [4.78, 5) is 9.15. The monoisotopic (exact) mass is 302 g/mol. The quantitative estimate of drug-likeness (QED) is 0.808. The Balaban J connectivity index is 1.84. The normalized spacial score (nSPS) is 18.6. The van der Waals surface area contributed by atoms with Crippen LogP contribution in [0.25, 0.3) is 22.7 Å².